The molecule has 0 bridgehead atoms. The van der Waals surface area contributed by atoms with Crippen LogP contribution in [0.3, 0.4) is 0 Å². The Bertz CT molecular complexity index is 856. The molecular formula is C21H27N5O4S. The number of nitrogens with two attached hydrogens (primary N) is 1. The molecule has 10 heteroatoms. The van der Waals surface area contributed by atoms with E-state index in [0.29, 0.717) is 38.4 Å². The number of hydrogen-bond donors (Lipinski definition) is 3. The maximum absolute atomic E-state index is 13.2. The molecular weight excluding hydrogens is 418 g/mol. The van der Waals surface area contributed by atoms with Crippen LogP contribution in [0.4, 0.5) is 0 Å². The monoisotopic (exact) mass is 445 g/mol. The summed E-state index contributed by atoms with van der Waals surface area (Å²) in [4.78, 5) is 44.2. The van der Waals surface area contributed by atoms with Crippen molar-refractivity contribution in [1.82, 2.24) is 20.6 Å². The first kappa shape index (κ1) is 22.9. The number of amides is 3. The van der Waals surface area contributed by atoms with Crippen molar-refractivity contribution < 1.29 is 19.1 Å². The largest absolute Gasteiger partial charge is 0.378 e. The molecule has 2 heterocycles. The van der Waals surface area contributed by atoms with Crippen LogP contribution in [0.5, 0.6) is 0 Å². The average molecular weight is 446 g/mol. The van der Waals surface area contributed by atoms with Gasteiger partial charge in [-0.1, -0.05) is 30.3 Å². The van der Waals surface area contributed by atoms with Crippen LogP contribution in [0.1, 0.15) is 17.7 Å². The molecule has 1 unspecified atom stereocenters. The minimum Gasteiger partial charge on any atom is -0.378 e. The number of aromatic nitrogens is 1. The van der Waals surface area contributed by atoms with Gasteiger partial charge in [-0.25, -0.2) is 10.8 Å². The SMILES string of the molecule is NNC(=O)C(Cc1cscn1)NC(=O)[C@@H](CC(=O)N1CCOCC1)Cc1ccccc1. The average Bonchev–Trinajstić information content (AvgIpc) is 3.32. The molecule has 2 aromatic rings. The molecule has 1 aliphatic heterocycles. The number of morpholine rings is 1. The van der Waals surface area contributed by atoms with Gasteiger partial charge in [0, 0.05) is 31.3 Å². The fourth-order valence-corrected chi connectivity index (χ4v) is 4.03. The first-order valence-corrected chi connectivity index (χ1v) is 11.1. The maximum atomic E-state index is 13.2. The number of ether oxygens (including phenoxy) is 1. The van der Waals surface area contributed by atoms with E-state index in [1.165, 1.54) is 11.3 Å². The number of benzene rings is 1. The highest BCUT2D eigenvalue weighted by atomic mass is 32.1. The number of nitrogens with zero attached hydrogens (tertiary/aromatic N) is 2. The lowest BCUT2D eigenvalue weighted by Gasteiger charge is -2.29. The van der Waals surface area contributed by atoms with Crippen LogP contribution in [-0.4, -0.2) is 60.0 Å². The number of nitrogens with one attached hydrogen (secondary N) is 2. The van der Waals surface area contributed by atoms with Crippen LogP contribution < -0.4 is 16.6 Å². The van der Waals surface area contributed by atoms with E-state index in [1.54, 1.807) is 10.4 Å². The summed E-state index contributed by atoms with van der Waals surface area (Å²) in [7, 11) is 0. The zero-order chi connectivity index (χ0) is 22.1. The lowest BCUT2D eigenvalue weighted by Crippen LogP contribution is -2.52. The first-order chi connectivity index (χ1) is 15.1. The quantitative estimate of drug-likeness (QED) is 0.289. The van der Waals surface area contributed by atoms with Crippen molar-refractivity contribution in [1.29, 1.82) is 0 Å². The molecule has 1 aromatic carbocycles. The topological polar surface area (TPSA) is 127 Å². The Morgan fingerprint density at radius 2 is 1.87 bits per heavy atom. The summed E-state index contributed by atoms with van der Waals surface area (Å²) < 4.78 is 5.30. The summed E-state index contributed by atoms with van der Waals surface area (Å²) in [6.07, 6.45) is 0.651. The van der Waals surface area contributed by atoms with E-state index in [4.69, 9.17) is 10.6 Å². The van der Waals surface area contributed by atoms with Crippen molar-refractivity contribution in [3.8, 4) is 0 Å². The highest BCUT2D eigenvalue weighted by Crippen LogP contribution is 2.16. The molecule has 9 nitrogen and oxygen atoms in total. The lowest BCUT2D eigenvalue weighted by molar-refractivity contribution is -0.140. The molecule has 0 spiro atoms. The summed E-state index contributed by atoms with van der Waals surface area (Å²) in [6.45, 7) is 2.02. The number of carbonyl (C=O) groups excluding carboxylic acids is 3. The van der Waals surface area contributed by atoms with Crippen molar-refractivity contribution in [2.45, 2.75) is 25.3 Å². The molecule has 3 rings (SSSR count). The van der Waals surface area contributed by atoms with Crippen LogP contribution in [0.2, 0.25) is 0 Å². The van der Waals surface area contributed by atoms with Crippen molar-refractivity contribution in [3.63, 3.8) is 0 Å². The molecule has 0 aliphatic carbocycles. The van der Waals surface area contributed by atoms with Gasteiger partial charge in [0.15, 0.2) is 0 Å². The van der Waals surface area contributed by atoms with Gasteiger partial charge in [-0.05, 0) is 12.0 Å². The van der Waals surface area contributed by atoms with Crippen molar-refractivity contribution in [3.05, 3.63) is 52.5 Å². The Hall–Kier alpha value is -2.82. The summed E-state index contributed by atoms with van der Waals surface area (Å²) in [6, 6.07) is 8.63. The van der Waals surface area contributed by atoms with Gasteiger partial charge >= 0.3 is 0 Å². The third kappa shape index (κ3) is 6.84. The minimum absolute atomic E-state index is 0.0500. The van der Waals surface area contributed by atoms with Gasteiger partial charge in [0.1, 0.15) is 6.04 Å². The third-order valence-electron chi connectivity index (χ3n) is 5.15. The Labute approximate surface area is 184 Å². The predicted octanol–water partition coefficient (Wildman–Crippen LogP) is 0.268. The van der Waals surface area contributed by atoms with E-state index in [9.17, 15) is 14.4 Å². The molecule has 4 N–H and O–H groups in total. The summed E-state index contributed by atoms with van der Waals surface area (Å²) >= 11 is 1.40. The standard InChI is InChI=1S/C21H27N5O4S/c22-25-21(29)18(12-17-13-31-14-23-17)24-20(28)16(10-15-4-2-1-3-5-15)11-19(27)26-6-8-30-9-7-26/h1-5,13-14,16,18H,6-12,22H2,(H,24,28)(H,25,29)/t16-,18?/m1/s1. The maximum Gasteiger partial charge on any atom is 0.256 e. The number of carbonyl (C=O) groups is 3. The number of thiazole rings is 1. The molecule has 1 aromatic heterocycles. The molecule has 3 amide bonds. The second-order valence-electron chi connectivity index (χ2n) is 7.34. The van der Waals surface area contributed by atoms with E-state index >= 15 is 0 Å². The van der Waals surface area contributed by atoms with Crippen LogP contribution in [0.15, 0.2) is 41.2 Å². The molecule has 1 saturated heterocycles. The minimum atomic E-state index is -0.878. The smallest absolute Gasteiger partial charge is 0.256 e. The van der Waals surface area contributed by atoms with Gasteiger partial charge in [0.25, 0.3) is 5.91 Å². The molecule has 166 valence electrons. The normalized spacial score (nSPS) is 15.7. The van der Waals surface area contributed by atoms with Gasteiger partial charge in [0.05, 0.1) is 30.3 Å². The molecule has 31 heavy (non-hydrogen) atoms. The van der Waals surface area contributed by atoms with E-state index in [1.807, 2.05) is 35.7 Å². The highest BCUT2D eigenvalue weighted by Gasteiger charge is 2.29. The Balaban J connectivity index is 1.72. The van der Waals surface area contributed by atoms with Crippen LogP contribution in [0, 0.1) is 5.92 Å². The van der Waals surface area contributed by atoms with Crippen molar-refractivity contribution in [2.75, 3.05) is 26.3 Å². The summed E-state index contributed by atoms with van der Waals surface area (Å²) in [5, 5.41) is 4.58. The second kappa shape index (κ2) is 11.5. The third-order valence-corrected chi connectivity index (χ3v) is 5.79. The molecule has 0 radical (unpaired) electrons. The van der Waals surface area contributed by atoms with Gasteiger partial charge in [0.2, 0.25) is 11.8 Å². The fraction of sp³-hybridized carbons (Fsp3) is 0.429. The van der Waals surface area contributed by atoms with E-state index in [2.05, 4.69) is 15.7 Å². The predicted molar refractivity (Wildman–Crippen MR) is 116 cm³/mol. The van der Waals surface area contributed by atoms with Gasteiger partial charge in [-0.3, -0.25) is 19.8 Å². The van der Waals surface area contributed by atoms with Gasteiger partial charge < -0.3 is 15.0 Å². The van der Waals surface area contributed by atoms with E-state index in [-0.39, 0.29) is 24.7 Å². The van der Waals surface area contributed by atoms with E-state index < -0.39 is 17.9 Å². The number of hydrogen-bond acceptors (Lipinski definition) is 7. The molecule has 1 aliphatic rings. The lowest BCUT2D eigenvalue weighted by atomic mass is 9.94. The summed E-state index contributed by atoms with van der Waals surface area (Å²) in [5.41, 5.74) is 5.38. The molecule has 2 atom stereocenters. The van der Waals surface area contributed by atoms with Gasteiger partial charge in [-0.15, -0.1) is 11.3 Å². The molecule has 0 saturated carbocycles. The van der Waals surface area contributed by atoms with Crippen molar-refractivity contribution >= 4 is 29.1 Å². The fourth-order valence-electron chi connectivity index (χ4n) is 3.46. The van der Waals surface area contributed by atoms with Crippen molar-refractivity contribution in [2.24, 2.45) is 11.8 Å². The Kier molecular flexibility index (Phi) is 8.51. The summed E-state index contributed by atoms with van der Waals surface area (Å²) in [5.74, 6) is 3.71. The van der Waals surface area contributed by atoms with Gasteiger partial charge in [-0.2, -0.15) is 0 Å². The van der Waals surface area contributed by atoms with Crippen LogP contribution in [-0.2, 0) is 32.0 Å². The zero-order valence-corrected chi connectivity index (χ0v) is 18.0. The number of hydrazine groups is 1. The number of rotatable bonds is 9. The highest BCUT2D eigenvalue weighted by molar-refractivity contribution is 7.07. The Morgan fingerprint density at radius 3 is 2.52 bits per heavy atom. The first-order valence-electron chi connectivity index (χ1n) is 10.1. The van der Waals surface area contributed by atoms with Crippen LogP contribution in [0.25, 0.3) is 0 Å². The zero-order valence-electron chi connectivity index (χ0n) is 17.2. The van der Waals surface area contributed by atoms with Crippen LogP contribution >= 0.6 is 11.3 Å². The molecule has 1 fully saturated rings. The Morgan fingerprint density at radius 1 is 1.13 bits per heavy atom. The van der Waals surface area contributed by atoms with E-state index in [0.717, 1.165) is 5.56 Å². The second-order valence-corrected chi connectivity index (χ2v) is 8.06.